The zero-order valence-corrected chi connectivity index (χ0v) is 11.8. The van der Waals surface area contributed by atoms with Gasteiger partial charge in [-0.05, 0) is 25.5 Å². The number of carbonyl (C=O) groups excluding carboxylic acids is 1. The van der Waals surface area contributed by atoms with E-state index in [1.54, 1.807) is 6.07 Å². The average Bonchev–Trinajstić information content (AvgIpc) is 2.24. The lowest BCUT2D eigenvalue weighted by atomic mass is 10.1. The molecule has 1 atom stereocenters. The van der Waals surface area contributed by atoms with Crippen LogP contribution in [0.5, 0.6) is 0 Å². The van der Waals surface area contributed by atoms with Crippen molar-refractivity contribution in [1.82, 2.24) is 5.32 Å². The summed E-state index contributed by atoms with van der Waals surface area (Å²) in [6.07, 6.45) is 0.800. The lowest BCUT2D eigenvalue weighted by Gasteiger charge is -2.13. The van der Waals surface area contributed by atoms with E-state index in [9.17, 15) is 9.18 Å². The third-order valence-corrected chi connectivity index (χ3v) is 3.16. The summed E-state index contributed by atoms with van der Waals surface area (Å²) in [4.78, 5) is 11.7. The van der Waals surface area contributed by atoms with Gasteiger partial charge in [-0.2, -0.15) is 0 Å². The number of alkyl halides is 1. The first-order chi connectivity index (χ1) is 8.04. The van der Waals surface area contributed by atoms with Gasteiger partial charge in [0.2, 0.25) is 5.91 Å². The molecule has 1 aromatic carbocycles. The van der Waals surface area contributed by atoms with Gasteiger partial charge in [0.15, 0.2) is 0 Å². The summed E-state index contributed by atoms with van der Waals surface area (Å²) in [5.74, 6) is -0.661. The predicted molar refractivity (Wildman–Crippen MR) is 71.1 cm³/mol. The summed E-state index contributed by atoms with van der Waals surface area (Å²) in [5.41, 5.74) is 0.248. The van der Waals surface area contributed by atoms with Gasteiger partial charge in [-0.3, -0.25) is 4.79 Å². The maximum atomic E-state index is 13.4. The number of rotatable bonds is 5. The Kier molecular flexibility index (Phi) is 5.92. The predicted octanol–water partition coefficient (Wildman–Crippen LogP) is 3.31. The van der Waals surface area contributed by atoms with Crippen molar-refractivity contribution >= 4 is 33.4 Å². The normalized spacial score (nSPS) is 12.2. The molecule has 1 unspecified atom stereocenters. The van der Waals surface area contributed by atoms with Gasteiger partial charge in [-0.1, -0.05) is 33.6 Å². The van der Waals surface area contributed by atoms with Crippen LogP contribution in [0.15, 0.2) is 18.2 Å². The van der Waals surface area contributed by atoms with Gasteiger partial charge in [0, 0.05) is 22.0 Å². The number of hydrogen-bond acceptors (Lipinski definition) is 1. The summed E-state index contributed by atoms with van der Waals surface area (Å²) in [6.45, 7) is 1.90. The molecule has 5 heteroatoms. The number of halogens is 3. The highest BCUT2D eigenvalue weighted by Crippen LogP contribution is 2.19. The van der Waals surface area contributed by atoms with Crippen LogP contribution in [0.25, 0.3) is 0 Å². The van der Waals surface area contributed by atoms with E-state index in [0.717, 1.165) is 11.8 Å². The lowest BCUT2D eigenvalue weighted by molar-refractivity contribution is -0.121. The van der Waals surface area contributed by atoms with Gasteiger partial charge in [0.05, 0.1) is 6.42 Å². The number of hydrogen-bond donors (Lipinski definition) is 1. The lowest BCUT2D eigenvalue weighted by Crippen LogP contribution is -2.34. The van der Waals surface area contributed by atoms with Crippen LogP contribution >= 0.6 is 27.5 Å². The molecule has 17 heavy (non-hydrogen) atoms. The summed E-state index contributed by atoms with van der Waals surface area (Å²) in [6, 6.07) is 4.46. The Morgan fingerprint density at radius 2 is 2.29 bits per heavy atom. The van der Waals surface area contributed by atoms with Crippen LogP contribution in [0, 0.1) is 5.82 Å². The van der Waals surface area contributed by atoms with Gasteiger partial charge < -0.3 is 5.32 Å². The van der Waals surface area contributed by atoms with E-state index in [1.807, 2.05) is 6.92 Å². The molecule has 0 spiro atoms. The van der Waals surface area contributed by atoms with E-state index in [-0.39, 0.29) is 29.0 Å². The molecule has 94 valence electrons. The Morgan fingerprint density at radius 3 is 2.88 bits per heavy atom. The van der Waals surface area contributed by atoms with E-state index in [4.69, 9.17) is 11.6 Å². The van der Waals surface area contributed by atoms with Crippen LogP contribution in [0.4, 0.5) is 4.39 Å². The Morgan fingerprint density at radius 1 is 1.59 bits per heavy atom. The first-order valence-corrected chi connectivity index (χ1v) is 6.82. The Hall–Kier alpha value is -0.610. The molecule has 0 saturated carbocycles. The topological polar surface area (TPSA) is 29.1 Å². The highest BCUT2D eigenvalue weighted by molar-refractivity contribution is 9.09. The highest BCUT2D eigenvalue weighted by atomic mass is 79.9. The van der Waals surface area contributed by atoms with Crippen molar-refractivity contribution in [3.05, 3.63) is 34.6 Å². The van der Waals surface area contributed by atoms with E-state index < -0.39 is 5.82 Å². The fraction of sp³-hybridized carbons (Fsp3) is 0.417. The second-order valence-corrected chi connectivity index (χ2v) is 5.02. The highest BCUT2D eigenvalue weighted by Gasteiger charge is 2.13. The summed E-state index contributed by atoms with van der Waals surface area (Å²) in [7, 11) is 0. The Balaban J connectivity index is 2.62. The van der Waals surface area contributed by atoms with Gasteiger partial charge in [-0.25, -0.2) is 4.39 Å². The van der Waals surface area contributed by atoms with E-state index in [2.05, 4.69) is 21.2 Å². The van der Waals surface area contributed by atoms with Gasteiger partial charge >= 0.3 is 0 Å². The van der Waals surface area contributed by atoms with Crippen molar-refractivity contribution in [2.45, 2.75) is 25.8 Å². The third kappa shape index (κ3) is 4.64. The third-order valence-electron chi connectivity index (χ3n) is 2.35. The van der Waals surface area contributed by atoms with Crippen LogP contribution in [0.3, 0.4) is 0 Å². The molecular formula is C12H14BrClFNO. The Labute approximate surface area is 114 Å². The van der Waals surface area contributed by atoms with E-state index >= 15 is 0 Å². The van der Waals surface area contributed by atoms with E-state index in [0.29, 0.717) is 0 Å². The molecule has 0 heterocycles. The molecule has 0 radical (unpaired) electrons. The maximum Gasteiger partial charge on any atom is 0.224 e. The van der Waals surface area contributed by atoms with Gasteiger partial charge in [0.1, 0.15) is 5.82 Å². The van der Waals surface area contributed by atoms with Crippen molar-refractivity contribution in [1.29, 1.82) is 0 Å². The largest absolute Gasteiger partial charge is 0.353 e. The first-order valence-electron chi connectivity index (χ1n) is 5.32. The van der Waals surface area contributed by atoms with Crippen molar-refractivity contribution in [2.75, 3.05) is 5.33 Å². The van der Waals surface area contributed by atoms with Crippen LogP contribution in [0.1, 0.15) is 18.9 Å². The fourth-order valence-corrected chi connectivity index (χ4v) is 2.34. The second-order valence-electron chi connectivity index (χ2n) is 3.82. The molecule has 1 aromatic rings. The number of carbonyl (C=O) groups is 1. The molecule has 1 amide bonds. The van der Waals surface area contributed by atoms with Crippen molar-refractivity contribution < 1.29 is 9.18 Å². The van der Waals surface area contributed by atoms with E-state index in [1.165, 1.54) is 12.1 Å². The minimum absolute atomic E-state index is 0.0296. The minimum atomic E-state index is -0.444. The molecule has 1 N–H and O–H groups in total. The smallest absolute Gasteiger partial charge is 0.224 e. The van der Waals surface area contributed by atoms with Crippen LogP contribution in [-0.2, 0) is 11.2 Å². The number of amides is 1. The average molecular weight is 323 g/mol. The Bertz CT molecular complexity index is 380. The first kappa shape index (κ1) is 14.5. The van der Waals surface area contributed by atoms with Crippen LogP contribution in [-0.4, -0.2) is 17.3 Å². The fourth-order valence-electron chi connectivity index (χ4n) is 1.42. The molecule has 0 saturated heterocycles. The SMILES string of the molecule is CC(CCBr)NC(=O)Cc1c(F)cccc1Cl. The molecule has 0 bridgehead atoms. The standard InChI is InChI=1S/C12H14BrClFNO/c1-8(5-6-13)16-12(17)7-9-10(14)3-2-4-11(9)15/h2-4,8H,5-7H2,1H3,(H,16,17). The zero-order valence-electron chi connectivity index (χ0n) is 9.47. The monoisotopic (exact) mass is 321 g/mol. The van der Waals surface area contributed by atoms with Gasteiger partial charge in [0.25, 0.3) is 0 Å². The maximum absolute atomic E-state index is 13.4. The molecule has 2 nitrogen and oxygen atoms in total. The molecular weight excluding hydrogens is 308 g/mol. The van der Waals surface area contributed by atoms with Crippen molar-refractivity contribution in [3.8, 4) is 0 Å². The zero-order chi connectivity index (χ0) is 12.8. The van der Waals surface area contributed by atoms with Crippen LogP contribution < -0.4 is 5.32 Å². The van der Waals surface area contributed by atoms with Gasteiger partial charge in [-0.15, -0.1) is 0 Å². The number of nitrogens with one attached hydrogen (secondary N) is 1. The molecule has 0 aromatic heterocycles. The molecule has 0 aliphatic carbocycles. The summed E-state index contributed by atoms with van der Waals surface area (Å²) >= 11 is 9.14. The molecule has 0 fully saturated rings. The molecule has 0 aliphatic heterocycles. The minimum Gasteiger partial charge on any atom is -0.353 e. The second kappa shape index (κ2) is 6.97. The quantitative estimate of drug-likeness (QED) is 0.828. The molecule has 0 aliphatic rings. The van der Waals surface area contributed by atoms with Crippen molar-refractivity contribution in [2.24, 2.45) is 0 Å². The van der Waals surface area contributed by atoms with Crippen molar-refractivity contribution in [3.63, 3.8) is 0 Å². The van der Waals surface area contributed by atoms with Crippen LogP contribution in [0.2, 0.25) is 5.02 Å². The summed E-state index contributed by atoms with van der Waals surface area (Å²) in [5, 5.41) is 3.89. The number of benzene rings is 1. The summed E-state index contributed by atoms with van der Waals surface area (Å²) < 4.78 is 13.4. The molecule has 1 rings (SSSR count).